The van der Waals surface area contributed by atoms with Gasteiger partial charge in [0, 0.05) is 30.5 Å². The first kappa shape index (κ1) is 12.9. The molecule has 2 N–H and O–H groups in total. The van der Waals surface area contributed by atoms with Crippen molar-refractivity contribution in [2.24, 2.45) is 0 Å². The van der Waals surface area contributed by atoms with Crippen LogP contribution in [-0.4, -0.2) is 7.05 Å². The maximum absolute atomic E-state index is 13.9. The molecule has 2 rings (SSSR count). The van der Waals surface area contributed by atoms with Gasteiger partial charge in [-0.05, 0) is 30.3 Å². The van der Waals surface area contributed by atoms with E-state index in [9.17, 15) is 4.39 Å². The maximum atomic E-state index is 13.9. The van der Waals surface area contributed by atoms with Crippen molar-refractivity contribution in [1.82, 2.24) is 0 Å². The molecule has 0 bridgehead atoms. The second kappa shape index (κ2) is 5.40. The van der Waals surface area contributed by atoms with Gasteiger partial charge >= 0.3 is 0 Å². The van der Waals surface area contributed by atoms with Gasteiger partial charge in [0.25, 0.3) is 0 Å². The number of nitrogens with two attached hydrogens (primary N) is 1. The average molecular weight is 255 g/mol. The Labute approximate surface area is 111 Å². The van der Waals surface area contributed by atoms with Crippen LogP contribution < -0.4 is 10.6 Å². The Morgan fingerprint density at radius 1 is 1.21 bits per heavy atom. The van der Waals surface area contributed by atoms with Crippen LogP contribution in [0.5, 0.6) is 0 Å². The third-order valence-corrected chi connectivity index (χ3v) is 2.94. The molecule has 0 spiro atoms. The van der Waals surface area contributed by atoms with Crippen molar-refractivity contribution in [3.63, 3.8) is 0 Å². The molecule has 96 valence electrons. The molecule has 0 saturated heterocycles. The summed E-state index contributed by atoms with van der Waals surface area (Å²) in [6, 6.07) is 14.0. The molecule has 0 aliphatic rings. The van der Waals surface area contributed by atoms with Crippen LogP contribution in [-0.2, 0) is 6.54 Å². The predicted octanol–water partition coefficient (Wildman–Crippen LogP) is 2.92. The highest BCUT2D eigenvalue weighted by atomic mass is 19.1. The van der Waals surface area contributed by atoms with E-state index < -0.39 is 5.82 Å². The fourth-order valence-corrected chi connectivity index (χ4v) is 1.86. The Morgan fingerprint density at radius 3 is 2.53 bits per heavy atom. The quantitative estimate of drug-likeness (QED) is 0.858. The SMILES string of the molecule is CN(Cc1cccc(C#N)c1F)c1ccc(N)cc1. The molecular weight excluding hydrogens is 241 g/mol. The van der Waals surface area contributed by atoms with Crippen LogP contribution in [0.25, 0.3) is 0 Å². The van der Waals surface area contributed by atoms with Crippen molar-refractivity contribution in [2.45, 2.75) is 6.54 Å². The molecule has 3 nitrogen and oxygen atoms in total. The molecule has 4 heteroatoms. The predicted molar refractivity (Wildman–Crippen MR) is 74.1 cm³/mol. The van der Waals surface area contributed by atoms with E-state index in [0.29, 0.717) is 17.8 Å². The van der Waals surface area contributed by atoms with Crippen LogP contribution in [0.4, 0.5) is 15.8 Å². The Bertz CT molecular complexity index is 614. The molecule has 0 heterocycles. The highest BCUT2D eigenvalue weighted by Crippen LogP contribution is 2.19. The third-order valence-electron chi connectivity index (χ3n) is 2.94. The Balaban J connectivity index is 2.22. The van der Waals surface area contributed by atoms with Gasteiger partial charge in [-0.3, -0.25) is 0 Å². The van der Waals surface area contributed by atoms with Crippen LogP contribution in [0.2, 0.25) is 0 Å². The van der Waals surface area contributed by atoms with Crippen LogP contribution in [0, 0.1) is 17.1 Å². The van der Waals surface area contributed by atoms with E-state index in [1.54, 1.807) is 24.3 Å². The third kappa shape index (κ3) is 2.83. The Hall–Kier alpha value is -2.54. The van der Waals surface area contributed by atoms with Gasteiger partial charge in [0.15, 0.2) is 0 Å². The Kier molecular flexibility index (Phi) is 3.67. The molecule has 19 heavy (non-hydrogen) atoms. The molecule has 2 aromatic rings. The summed E-state index contributed by atoms with van der Waals surface area (Å²) in [7, 11) is 1.87. The van der Waals surface area contributed by atoms with Crippen molar-refractivity contribution in [2.75, 3.05) is 17.7 Å². The van der Waals surface area contributed by atoms with Gasteiger partial charge in [-0.25, -0.2) is 4.39 Å². The van der Waals surface area contributed by atoms with Gasteiger partial charge in [0.05, 0.1) is 5.56 Å². The van der Waals surface area contributed by atoms with Crippen LogP contribution in [0.3, 0.4) is 0 Å². The molecule has 0 atom stereocenters. The van der Waals surface area contributed by atoms with Crippen LogP contribution in [0.1, 0.15) is 11.1 Å². The lowest BCUT2D eigenvalue weighted by atomic mass is 10.1. The van der Waals surface area contributed by atoms with Gasteiger partial charge in [0.2, 0.25) is 0 Å². The van der Waals surface area contributed by atoms with E-state index in [-0.39, 0.29) is 5.56 Å². The van der Waals surface area contributed by atoms with Crippen molar-refractivity contribution in [3.05, 3.63) is 59.4 Å². The Morgan fingerprint density at radius 2 is 1.89 bits per heavy atom. The van der Waals surface area contributed by atoms with Gasteiger partial charge in [-0.1, -0.05) is 12.1 Å². The summed E-state index contributed by atoms with van der Waals surface area (Å²) in [5.74, 6) is -0.452. The van der Waals surface area contributed by atoms with Crippen molar-refractivity contribution >= 4 is 11.4 Å². The topological polar surface area (TPSA) is 53.0 Å². The van der Waals surface area contributed by atoms with Crippen LogP contribution in [0.15, 0.2) is 42.5 Å². The van der Waals surface area contributed by atoms with Gasteiger partial charge < -0.3 is 10.6 Å². The number of nitriles is 1. The number of rotatable bonds is 3. The maximum Gasteiger partial charge on any atom is 0.145 e. The molecule has 0 aliphatic carbocycles. The average Bonchev–Trinajstić information content (AvgIpc) is 2.42. The van der Waals surface area contributed by atoms with E-state index in [1.165, 1.54) is 6.07 Å². The summed E-state index contributed by atoms with van der Waals surface area (Å²) < 4.78 is 13.9. The van der Waals surface area contributed by atoms with E-state index in [0.717, 1.165) is 5.69 Å². The van der Waals surface area contributed by atoms with E-state index in [2.05, 4.69) is 0 Å². The zero-order chi connectivity index (χ0) is 13.8. The molecule has 2 aromatic carbocycles. The zero-order valence-corrected chi connectivity index (χ0v) is 10.6. The largest absolute Gasteiger partial charge is 0.399 e. The fourth-order valence-electron chi connectivity index (χ4n) is 1.86. The summed E-state index contributed by atoms with van der Waals surface area (Å²) >= 11 is 0. The molecule has 0 aromatic heterocycles. The minimum absolute atomic E-state index is 0.0724. The molecule has 0 unspecified atom stereocenters. The fraction of sp³-hybridized carbons (Fsp3) is 0.133. The van der Waals surface area contributed by atoms with Crippen molar-refractivity contribution < 1.29 is 4.39 Å². The molecule has 0 radical (unpaired) electrons. The number of benzene rings is 2. The number of hydrogen-bond acceptors (Lipinski definition) is 3. The molecule has 0 fully saturated rings. The van der Waals surface area contributed by atoms with Gasteiger partial charge in [0.1, 0.15) is 11.9 Å². The van der Waals surface area contributed by atoms with Crippen molar-refractivity contribution in [3.8, 4) is 6.07 Å². The molecule has 0 aliphatic heterocycles. The van der Waals surface area contributed by atoms with Gasteiger partial charge in [-0.2, -0.15) is 5.26 Å². The minimum Gasteiger partial charge on any atom is -0.399 e. The summed E-state index contributed by atoms with van der Waals surface area (Å²) in [6.07, 6.45) is 0. The summed E-state index contributed by atoms with van der Waals surface area (Å²) in [5.41, 5.74) is 7.83. The molecular formula is C15H14FN3. The van der Waals surface area contributed by atoms with Crippen molar-refractivity contribution in [1.29, 1.82) is 5.26 Å². The second-order valence-electron chi connectivity index (χ2n) is 4.34. The van der Waals surface area contributed by atoms with E-state index >= 15 is 0 Å². The first-order valence-corrected chi connectivity index (χ1v) is 5.86. The number of nitrogen functional groups attached to an aromatic ring is 1. The summed E-state index contributed by atoms with van der Waals surface area (Å²) in [5, 5.41) is 8.81. The zero-order valence-electron chi connectivity index (χ0n) is 10.6. The lowest BCUT2D eigenvalue weighted by Gasteiger charge is -2.20. The standard InChI is InChI=1S/C15H14FN3/c1-19(14-7-5-13(18)6-8-14)10-12-4-2-3-11(9-17)15(12)16/h2-8H,10,18H2,1H3. The highest BCUT2D eigenvalue weighted by Gasteiger charge is 2.10. The highest BCUT2D eigenvalue weighted by molar-refractivity contribution is 5.53. The number of nitrogens with zero attached hydrogens (tertiary/aromatic N) is 2. The first-order valence-electron chi connectivity index (χ1n) is 5.86. The summed E-state index contributed by atoms with van der Waals surface area (Å²) in [6.45, 7) is 0.394. The smallest absolute Gasteiger partial charge is 0.145 e. The monoisotopic (exact) mass is 255 g/mol. The number of halogens is 1. The van der Waals surface area contributed by atoms with Crippen LogP contribution >= 0.6 is 0 Å². The van der Waals surface area contributed by atoms with Gasteiger partial charge in [-0.15, -0.1) is 0 Å². The second-order valence-corrected chi connectivity index (χ2v) is 4.34. The lowest BCUT2D eigenvalue weighted by Crippen LogP contribution is -2.17. The number of hydrogen-bond donors (Lipinski definition) is 1. The minimum atomic E-state index is -0.452. The number of anilines is 2. The molecule has 0 saturated carbocycles. The normalized spacial score (nSPS) is 9.95. The van der Waals surface area contributed by atoms with E-state index in [1.807, 2.05) is 30.1 Å². The summed E-state index contributed by atoms with van der Waals surface area (Å²) in [4.78, 5) is 1.90. The van der Waals surface area contributed by atoms with E-state index in [4.69, 9.17) is 11.0 Å². The first-order chi connectivity index (χ1) is 9.11. The molecule has 0 amide bonds. The lowest BCUT2D eigenvalue weighted by molar-refractivity contribution is 0.604.